The second-order valence-electron chi connectivity index (χ2n) is 5.29. The maximum atomic E-state index is 12.9. The van der Waals surface area contributed by atoms with Crippen LogP contribution in [-0.2, 0) is 13.0 Å². The molecule has 0 amide bonds. The molecular weight excluding hydrogens is 253 g/mol. The standard InChI is InChI=1S/C17H18FNO/c1-12-5-8-14-3-2-4-16(17(14)19-12)20-11-13-6-9-15(18)10-7-13/h2-4,6-7,9-10,12,19H,5,8,11H2,1H3. The number of halogens is 1. The highest BCUT2D eigenvalue weighted by molar-refractivity contribution is 5.64. The molecule has 1 aliphatic rings. The molecule has 1 atom stereocenters. The predicted octanol–water partition coefficient (Wildman–Crippen LogP) is 4.15. The Morgan fingerprint density at radius 1 is 1.20 bits per heavy atom. The van der Waals surface area contributed by atoms with E-state index in [4.69, 9.17) is 4.74 Å². The lowest BCUT2D eigenvalue weighted by molar-refractivity contribution is 0.306. The van der Waals surface area contributed by atoms with Crippen molar-refractivity contribution in [3.63, 3.8) is 0 Å². The van der Waals surface area contributed by atoms with Crippen molar-refractivity contribution in [1.29, 1.82) is 0 Å². The van der Waals surface area contributed by atoms with Gasteiger partial charge in [-0.1, -0.05) is 24.3 Å². The molecule has 0 spiro atoms. The molecule has 1 N–H and O–H groups in total. The summed E-state index contributed by atoms with van der Waals surface area (Å²) in [6.07, 6.45) is 2.23. The van der Waals surface area contributed by atoms with Gasteiger partial charge in [-0.25, -0.2) is 4.39 Å². The summed E-state index contributed by atoms with van der Waals surface area (Å²) in [5, 5.41) is 3.49. The predicted molar refractivity (Wildman–Crippen MR) is 78.6 cm³/mol. The lowest BCUT2D eigenvalue weighted by atomic mass is 9.98. The summed E-state index contributed by atoms with van der Waals surface area (Å²) in [7, 11) is 0. The number of ether oxygens (including phenoxy) is 1. The molecule has 2 aromatic carbocycles. The van der Waals surface area contributed by atoms with Crippen LogP contribution in [0.25, 0.3) is 0 Å². The Morgan fingerprint density at radius 2 is 2.00 bits per heavy atom. The van der Waals surface area contributed by atoms with E-state index >= 15 is 0 Å². The Labute approximate surface area is 118 Å². The van der Waals surface area contributed by atoms with E-state index in [1.54, 1.807) is 12.1 Å². The van der Waals surface area contributed by atoms with E-state index in [1.165, 1.54) is 17.7 Å². The minimum absolute atomic E-state index is 0.221. The van der Waals surface area contributed by atoms with Crippen molar-refractivity contribution in [2.75, 3.05) is 5.32 Å². The van der Waals surface area contributed by atoms with Crippen molar-refractivity contribution in [2.45, 2.75) is 32.4 Å². The Kier molecular flexibility index (Phi) is 3.59. The third-order valence-corrected chi connectivity index (χ3v) is 3.66. The second kappa shape index (κ2) is 5.53. The van der Waals surface area contributed by atoms with Crippen LogP contribution in [-0.4, -0.2) is 6.04 Å². The van der Waals surface area contributed by atoms with E-state index in [-0.39, 0.29) is 5.82 Å². The monoisotopic (exact) mass is 271 g/mol. The first kappa shape index (κ1) is 13.0. The summed E-state index contributed by atoms with van der Waals surface area (Å²) in [6, 6.07) is 13.0. The van der Waals surface area contributed by atoms with E-state index in [0.717, 1.165) is 29.8 Å². The first-order valence-electron chi connectivity index (χ1n) is 6.98. The van der Waals surface area contributed by atoms with Crippen LogP contribution in [0.15, 0.2) is 42.5 Å². The quantitative estimate of drug-likeness (QED) is 0.905. The first-order chi connectivity index (χ1) is 9.72. The summed E-state index contributed by atoms with van der Waals surface area (Å²) in [5.41, 5.74) is 3.38. The Hall–Kier alpha value is -2.03. The number of fused-ring (bicyclic) bond motifs is 1. The molecule has 0 fully saturated rings. The average Bonchev–Trinajstić information content (AvgIpc) is 2.47. The molecule has 1 aliphatic heterocycles. The van der Waals surface area contributed by atoms with Crippen LogP contribution in [0.1, 0.15) is 24.5 Å². The normalized spacial score (nSPS) is 17.2. The van der Waals surface area contributed by atoms with Crippen LogP contribution in [0, 0.1) is 5.82 Å². The molecule has 1 heterocycles. The summed E-state index contributed by atoms with van der Waals surface area (Å²) in [6.45, 7) is 2.63. The third kappa shape index (κ3) is 2.77. The van der Waals surface area contributed by atoms with Crippen molar-refractivity contribution in [1.82, 2.24) is 0 Å². The zero-order valence-corrected chi connectivity index (χ0v) is 11.5. The van der Waals surface area contributed by atoms with Gasteiger partial charge < -0.3 is 10.1 Å². The fourth-order valence-corrected chi connectivity index (χ4v) is 2.50. The molecule has 3 heteroatoms. The molecule has 3 rings (SSSR count). The fourth-order valence-electron chi connectivity index (χ4n) is 2.50. The number of rotatable bonds is 3. The Balaban J connectivity index is 1.76. The Morgan fingerprint density at radius 3 is 2.80 bits per heavy atom. The molecule has 1 unspecified atom stereocenters. The van der Waals surface area contributed by atoms with Gasteiger partial charge in [0, 0.05) is 6.04 Å². The number of benzene rings is 2. The highest BCUT2D eigenvalue weighted by Gasteiger charge is 2.17. The van der Waals surface area contributed by atoms with Crippen LogP contribution >= 0.6 is 0 Å². The van der Waals surface area contributed by atoms with E-state index in [9.17, 15) is 4.39 Å². The van der Waals surface area contributed by atoms with Crippen LogP contribution in [0.3, 0.4) is 0 Å². The van der Waals surface area contributed by atoms with Crippen molar-refractivity contribution in [2.24, 2.45) is 0 Å². The number of hydrogen-bond donors (Lipinski definition) is 1. The molecule has 0 aliphatic carbocycles. The molecule has 0 saturated heterocycles. The molecule has 20 heavy (non-hydrogen) atoms. The van der Waals surface area contributed by atoms with Crippen molar-refractivity contribution in [3.05, 3.63) is 59.4 Å². The molecular formula is C17H18FNO. The van der Waals surface area contributed by atoms with Gasteiger partial charge in [0.15, 0.2) is 0 Å². The fraction of sp³-hybridized carbons (Fsp3) is 0.294. The van der Waals surface area contributed by atoms with E-state index in [0.29, 0.717) is 12.6 Å². The van der Waals surface area contributed by atoms with Gasteiger partial charge in [-0.2, -0.15) is 0 Å². The van der Waals surface area contributed by atoms with Crippen molar-refractivity contribution < 1.29 is 9.13 Å². The topological polar surface area (TPSA) is 21.3 Å². The smallest absolute Gasteiger partial charge is 0.143 e. The zero-order chi connectivity index (χ0) is 13.9. The summed E-state index contributed by atoms with van der Waals surface area (Å²) < 4.78 is 18.8. The molecule has 104 valence electrons. The molecule has 0 bridgehead atoms. The average molecular weight is 271 g/mol. The lowest BCUT2D eigenvalue weighted by Crippen LogP contribution is -2.22. The van der Waals surface area contributed by atoms with Crippen LogP contribution < -0.4 is 10.1 Å². The lowest BCUT2D eigenvalue weighted by Gasteiger charge is -2.26. The minimum atomic E-state index is -0.221. The molecule has 2 aromatic rings. The summed E-state index contributed by atoms with van der Waals surface area (Å²) in [5.74, 6) is 0.653. The minimum Gasteiger partial charge on any atom is -0.487 e. The maximum Gasteiger partial charge on any atom is 0.143 e. The van der Waals surface area contributed by atoms with E-state index in [1.807, 2.05) is 12.1 Å². The van der Waals surface area contributed by atoms with Crippen molar-refractivity contribution in [3.8, 4) is 5.75 Å². The second-order valence-corrected chi connectivity index (χ2v) is 5.29. The van der Waals surface area contributed by atoms with Crippen LogP contribution in [0.2, 0.25) is 0 Å². The molecule has 2 nitrogen and oxygen atoms in total. The van der Waals surface area contributed by atoms with Gasteiger partial charge in [0.05, 0.1) is 5.69 Å². The van der Waals surface area contributed by atoms with Gasteiger partial charge in [-0.05, 0) is 49.1 Å². The van der Waals surface area contributed by atoms with E-state index < -0.39 is 0 Å². The van der Waals surface area contributed by atoms with E-state index in [2.05, 4.69) is 18.3 Å². The van der Waals surface area contributed by atoms with Gasteiger partial charge in [-0.15, -0.1) is 0 Å². The summed E-state index contributed by atoms with van der Waals surface area (Å²) in [4.78, 5) is 0. The highest BCUT2D eigenvalue weighted by atomic mass is 19.1. The number of hydrogen-bond acceptors (Lipinski definition) is 2. The van der Waals surface area contributed by atoms with Crippen LogP contribution in [0.5, 0.6) is 5.75 Å². The summed E-state index contributed by atoms with van der Waals surface area (Å²) >= 11 is 0. The zero-order valence-electron chi connectivity index (χ0n) is 11.5. The molecule has 0 radical (unpaired) electrons. The maximum absolute atomic E-state index is 12.9. The number of para-hydroxylation sites is 1. The Bertz CT molecular complexity index is 594. The van der Waals surface area contributed by atoms with Crippen molar-refractivity contribution >= 4 is 5.69 Å². The van der Waals surface area contributed by atoms with Crippen LogP contribution in [0.4, 0.5) is 10.1 Å². The number of aryl methyl sites for hydroxylation is 1. The number of anilines is 1. The SMILES string of the molecule is CC1CCc2cccc(OCc3ccc(F)cc3)c2N1. The molecule has 0 saturated carbocycles. The molecule has 0 aromatic heterocycles. The highest BCUT2D eigenvalue weighted by Crippen LogP contribution is 2.34. The largest absolute Gasteiger partial charge is 0.487 e. The third-order valence-electron chi connectivity index (χ3n) is 3.66. The number of nitrogens with one attached hydrogen (secondary N) is 1. The van der Waals surface area contributed by atoms with Gasteiger partial charge in [0.2, 0.25) is 0 Å². The van der Waals surface area contributed by atoms with Gasteiger partial charge in [-0.3, -0.25) is 0 Å². The van der Waals surface area contributed by atoms with Gasteiger partial charge in [0.25, 0.3) is 0 Å². The van der Waals surface area contributed by atoms with Gasteiger partial charge in [0.1, 0.15) is 18.2 Å². The first-order valence-corrected chi connectivity index (χ1v) is 6.98. The van der Waals surface area contributed by atoms with Gasteiger partial charge >= 0.3 is 0 Å².